The van der Waals surface area contributed by atoms with E-state index >= 15 is 0 Å². The van der Waals surface area contributed by atoms with Crippen LogP contribution in [-0.2, 0) is 0 Å². The first-order valence-electron chi connectivity index (χ1n) is 6.91. The van der Waals surface area contributed by atoms with Crippen LogP contribution in [-0.4, -0.2) is 4.98 Å². The van der Waals surface area contributed by atoms with Gasteiger partial charge in [0.05, 0.1) is 0 Å². The van der Waals surface area contributed by atoms with Crippen LogP contribution >= 0.6 is 0 Å². The van der Waals surface area contributed by atoms with Crippen molar-refractivity contribution in [2.24, 2.45) is 0 Å². The van der Waals surface area contributed by atoms with Crippen LogP contribution in [0.3, 0.4) is 0 Å². The first kappa shape index (κ1) is 13.1. The Hall–Kier alpha value is -2.87. The highest BCUT2D eigenvalue weighted by Crippen LogP contribution is 2.17. The second kappa shape index (κ2) is 6.53. The zero-order valence-corrected chi connectivity index (χ0v) is 11.6. The van der Waals surface area contributed by atoms with Crippen molar-refractivity contribution >= 4 is 23.7 Å². The zero-order chi connectivity index (χ0) is 14.3. The van der Waals surface area contributed by atoms with Crippen molar-refractivity contribution in [2.45, 2.75) is 0 Å². The summed E-state index contributed by atoms with van der Waals surface area (Å²) in [6.07, 6.45) is 6.00. The molecule has 0 spiro atoms. The topological polar surface area (TPSA) is 24.9 Å². The number of benzene rings is 2. The molecule has 3 aromatic rings. The molecule has 0 amide bonds. The highest BCUT2D eigenvalue weighted by atomic mass is 15.0. The Morgan fingerprint density at radius 1 is 0.714 bits per heavy atom. The third kappa shape index (κ3) is 3.80. The molecule has 1 heterocycles. The average Bonchev–Trinajstić information content (AvgIpc) is 2.55. The molecular formula is C19H16N2. The summed E-state index contributed by atoms with van der Waals surface area (Å²) in [6, 6.07) is 24.4. The molecule has 0 aliphatic rings. The number of hydrogen-bond donors (Lipinski definition) is 1. The molecule has 0 saturated carbocycles. The lowest BCUT2D eigenvalue weighted by Gasteiger charge is -2.05. The maximum atomic E-state index is 4.27. The third-order valence-corrected chi connectivity index (χ3v) is 3.09. The number of aromatic nitrogens is 1. The highest BCUT2D eigenvalue weighted by Gasteiger charge is 1.95. The minimum Gasteiger partial charge on any atom is -0.340 e. The lowest BCUT2D eigenvalue weighted by Crippen LogP contribution is -1.92. The predicted octanol–water partition coefficient (Wildman–Crippen LogP) is 5.00. The number of hydrogen-bond acceptors (Lipinski definition) is 2. The Morgan fingerprint density at radius 2 is 1.48 bits per heavy atom. The van der Waals surface area contributed by atoms with Crippen molar-refractivity contribution in [2.75, 3.05) is 5.32 Å². The second-order valence-corrected chi connectivity index (χ2v) is 4.71. The van der Waals surface area contributed by atoms with Crippen molar-refractivity contribution in [3.63, 3.8) is 0 Å². The van der Waals surface area contributed by atoms with Crippen LogP contribution in [0.2, 0.25) is 0 Å². The fraction of sp³-hybridized carbons (Fsp3) is 0. The summed E-state index contributed by atoms with van der Waals surface area (Å²) in [5.74, 6) is 0.849. The molecular weight excluding hydrogens is 256 g/mol. The van der Waals surface area contributed by atoms with Gasteiger partial charge in [-0.15, -0.1) is 0 Å². The van der Waals surface area contributed by atoms with Gasteiger partial charge in [-0.3, -0.25) is 0 Å². The molecule has 0 aliphatic heterocycles. The van der Waals surface area contributed by atoms with Gasteiger partial charge in [-0.05, 0) is 35.4 Å². The minimum atomic E-state index is 0.849. The summed E-state index contributed by atoms with van der Waals surface area (Å²) < 4.78 is 0. The van der Waals surface area contributed by atoms with Gasteiger partial charge < -0.3 is 5.32 Å². The Labute approximate surface area is 124 Å². The van der Waals surface area contributed by atoms with Crippen LogP contribution in [0.1, 0.15) is 11.1 Å². The highest BCUT2D eigenvalue weighted by molar-refractivity contribution is 5.72. The van der Waals surface area contributed by atoms with E-state index in [2.05, 4.69) is 46.7 Å². The van der Waals surface area contributed by atoms with Gasteiger partial charge in [0.2, 0.25) is 0 Å². The number of rotatable bonds is 4. The minimum absolute atomic E-state index is 0.849. The van der Waals surface area contributed by atoms with Crippen LogP contribution in [0.5, 0.6) is 0 Å². The van der Waals surface area contributed by atoms with E-state index in [9.17, 15) is 0 Å². The van der Waals surface area contributed by atoms with E-state index in [0.29, 0.717) is 0 Å². The number of nitrogens with one attached hydrogen (secondary N) is 1. The van der Waals surface area contributed by atoms with Gasteiger partial charge >= 0.3 is 0 Å². The molecule has 102 valence electrons. The van der Waals surface area contributed by atoms with Crippen LogP contribution in [0.4, 0.5) is 11.5 Å². The maximum absolute atomic E-state index is 4.27. The van der Waals surface area contributed by atoms with Gasteiger partial charge in [0.25, 0.3) is 0 Å². The average molecular weight is 272 g/mol. The summed E-state index contributed by atoms with van der Waals surface area (Å²) in [7, 11) is 0. The van der Waals surface area contributed by atoms with Gasteiger partial charge in [0.1, 0.15) is 5.82 Å². The SMILES string of the molecule is C(=Cc1cccc(Nc2ccccn2)c1)c1ccccc1. The van der Waals surface area contributed by atoms with Gasteiger partial charge in [-0.2, -0.15) is 0 Å². The van der Waals surface area contributed by atoms with E-state index in [1.54, 1.807) is 6.20 Å². The molecule has 2 nitrogen and oxygen atoms in total. The maximum Gasteiger partial charge on any atom is 0.130 e. The molecule has 0 bridgehead atoms. The number of pyridine rings is 1. The Morgan fingerprint density at radius 3 is 2.29 bits per heavy atom. The smallest absolute Gasteiger partial charge is 0.130 e. The molecule has 2 aromatic carbocycles. The van der Waals surface area contributed by atoms with E-state index < -0.39 is 0 Å². The van der Waals surface area contributed by atoms with Gasteiger partial charge in [-0.1, -0.05) is 60.7 Å². The lowest BCUT2D eigenvalue weighted by molar-refractivity contribution is 1.31. The van der Waals surface area contributed by atoms with Crippen molar-refractivity contribution in [1.82, 2.24) is 4.98 Å². The van der Waals surface area contributed by atoms with Gasteiger partial charge in [-0.25, -0.2) is 4.98 Å². The molecule has 0 atom stereocenters. The summed E-state index contributed by atoms with van der Waals surface area (Å²) in [5.41, 5.74) is 3.38. The lowest BCUT2D eigenvalue weighted by atomic mass is 10.1. The number of nitrogens with zero attached hydrogens (tertiary/aromatic N) is 1. The first-order valence-corrected chi connectivity index (χ1v) is 6.91. The van der Waals surface area contributed by atoms with E-state index in [1.165, 1.54) is 5.56 Å². The van der Waals surface area contributed by atoms with Crippen LogP contribution in [0.25, 0.3) is 12.2 Å². The third-order valence-electron chi connectivity index (χ3n) is 3.09. The molecule has 1 aromatic heterocycles. The van der Waals surface area contributed by atoms with Gasteiger partial charge in [0, 0.05) is 11.9 Å². The Bertz CT molecular complexity index is 719. The summed E-state index contributed by atoms with van der Waals surface area (Å²) >= 11 is 0. The summed E-state index contributed by atoms with van der Waals surface area (Å²) in [4.78, 5) is 4.27. The molecule has 1 N–H and O–H groups in total. The van der Waals surface area contributed by atoms with E-state index in [0.717, 1.165) is 17.1 Å². The Kier molecular flexibility index (Phi) is 4.08. The molecule has 0 saturated heterocycles. The summed E-state index contributed by atoms with van der Waals surface area (Å²) in [6.45, 7) is 0. The molecule has 0 aliphatic carbocycles. The largest absolute Gasteiger partial charge is 0.340 e. The van der Waals surface area contributed by atoms with E-state index in [1.807, 2.05) is 48.5 Å². The van der Waals surface area contributed by atoms with Crippen molar-refractivity contribution in [1.29, 1.82) is 0 Å². The fourth-order valence-electron chi connectivity index (χ4n) is 2.06. The fourth-order valence-corrected chi connectivity index (χ4v) is 2.06. The molecule has 0 radical (unpaired) electrons. The molecule has 0 fully saturated rings. The normalized spacial score (nSPS) is 10.7. The molecule has 3 rings (SSSR count). The van der Waals surface area contributed by atoms with Crippen LogP contribution in [0.15, 0.2) is 79.0 Å². The predicted molar refractivity (Wildman–Crippen MR) is 89.3 cm³/mol. The molecule has 2 heteroatoms. The van der Waals surface area contributed by atoms with Crippen molar-refractivity contribution in [3.05, 3.63) is 90.1 Å². The van der Waals surface area contributed by atoms with Crippen molar-refractivity contribution < 1.29 is 0 Å². The van der Waals surface area contributed by atoms with Crippen molar-refractivity contribution in [3.8, 4) is 0 Å². The summed E-state index contributed by atoms with van der Waals surface area (Å²) in [5, 5.41) is 3.30. The van der Waals surface area contributed by atoms with E-state index in [4.69, 9.17) is 0 Å². The quantitative estimate of drug-likeness (QED) is 0.676. The Balaban J connectivity index is 1.76. The van der Waals surface area contributed by atoms with Gasteiger partial charge in [0.15, 0.2) is 0 Å². The first-order chi connectivity index (χ1) is 10.4. The molecule has 0 unspecified atom stereocenters. The molecule has 21 heavy (non-hydrogen) atoms. The van der Waals surface area contributed by atoms with Crippen LogP contribution in [0, 0.1) is 0 Å². The zero-order valence-electron chi connectivity index (χ0n) is 11.6. The van der Waals surface area contributed by atoms with Crippen LogP contribution < -0.4 is 5.32 Å². The number of anilines is 2. The monoisotopic (exact) mass is 272 g/mol. The standard InChI is InChI=1S/C19H16N2/c1-2-7-16(8-3-1)12-13-17-9-6-10-18(15-17)21-19-11-4-5-14-20-19/h1-15H,(H,20,21). The second-order valence-electron chi connectivity index (χ2n) is 4.71. The van der Waals surface area contributed by atoms with E-state index in [-0.39, 0.29) is 0 Å².